The van der Waals surface area contributed by atoms with Crippen LogP contribution in [0, 0.1) is 0 Å². The molecule has 0 aliphatic rings. The van der Waals surface area contributed by atoms with Crippen molar-refractivity contribution in [2.75, 3.05) is 0 Å². The van der Waals surface area contributed by atoms with Gasteiger partial charge >= 0.3 is 0 Å². The van der Waals surface area contributed by atoms with Crippen LogP contribution in [-0.4, -0.2) is 85.3 Å². The quantitative estimate of drug-likeness (QED) is 0.0880. The molecule has 0 saturated heterocycles. The molecular weight excluding hydrogens is 1130 g/mol. The minimum Gasteiger partial charge on any atom is -0.488 e. The largest absolute Gasteiger partial charge is 0.488 e. The summed E-state index contributed by atoms with van der Waals surface area (Å²) in [4.78, 5) is 0. The lowest BCUT2D eigenvalue weighted by Gasteiger charge is -2.39. The number of benzene rings is 4. The van der Waals surface area contributed by atoms with Gasteiger partial charge in [-0.15, -0.1) is 0 Å². The molecule has 0 aliphatic carbocycles. The van der Waals surface area contributed by atoms with E-state index in [1.54, 1.807) is 0 Å². The molecule has 0 bridgehead atoms. The summed E-state index contributed by atoms with van der Waals surface area (Å²) in [7, 11) is -7.74. The molecule has 0 heterocycles. The Morgan fingerprint density at radius 3 is 0.414 bits per heavy atom. The Morgan fingerprint density at radius 1 is 0.172 bits per heavy atom. The maximum absolute atomic E-state index is 8.99. The summed E-state index contributed by atoms with van der Waals surface area (Å²) < 4.78 is 96.7. The van der Waals surface area contributed by atoms with E-state index >= 15 is 0 Å². The van der Waals surface area contributed by atoms with Gasteiger partial charge in [0.05, 0.1) is 20.7 Å². The van der Waals surface area contributed by atoms with Crippen LogP contribution < -0.4 is 77.6 Å². The van der Waals surface area contributed by atoms with Crippen LogP contribution in [0.15, 0.2) is 48.5 Å². The van der Waals surface area contributed by atoms with Gasteiger partial charge < -0.3 is 61.0 Å². The van der Waals surface area contributed by atoms with E-state index in [1.807, 2.05) is 298 Å². The zero-order valence-electron chi connectivity index (χ0n) is 61.1. The number of ether oxygens (including phenoxy) is 12. The first-order valence-electron chi connectivity index (χ1n) is 31.2. The number of hydrogen-bond donors (Lipinski definition) is 0. The second-order valence-corrected chi connectivity index (χ2v) is 39.6. The molecule has 4 rings (SSSR count). The molecule has 492 valence electrons. The molecular formula is C72H118O13Si2. The second-order valence-electron chi connectivity index (χ2n) is 34.7. The standard InChI is InChI=1S/C72H118O13Si2/c1-61(2,3)73-45-37-41-49(77-65(13,14)15)57(53(45)81-69(25,26)27)86(58-50(78-66(16,17)18)42-38-46(74-62(4,5)6)54(58)82-70(28,29)30)85-87(59-51(79-67(19,20)21)43-39-47(75-63(7,8)9)55(59)83-71(31,32)33)60-52(80-68(22,23)24)44-40-48(76-64(10,11)12)56(60)84-72(34,35)36/h37-44,86-87H,1-36H3. The lowest BCUT2D eigenvalue weighted by Crippen LogP contribution is -2.59. The summed E-state index contributed by atoms with van der Waals surface area (Å²) in [6.45, 7) is 73.2. The molecule has 0 spiro atoms. The van der Waals surface area contributed by atoms with Gasteiger partial charge in [-0.1, -0.05) is 0 Å². The van der Waals surface area contributed by atoms with Crippen molar-refractivity contribution in [3.8, 4) is 69.0 Å². The molecule has 0 aliphatic heterocycles. The highest BCUT2D eigenvalue weighted by Crippen LogP contribution is 2.44. The average molecular weight is 1250 g/mol. The van der Waals surface area contributed by atoms with Crippen LogP contribution in [0.5, 0.6) is 69.0 Å². The van der Waals surface area contributed by atoms with Crippen molar-refractivity contribution in [3.05, 3.63) is 48.5 Å². The van der Waals surface area contributed by atoms with Crippen LogP contribution in [0.2, 0.25) is 0 Å². The van der Waals surface area contributed by atoms with Gasteiger partial charge in [-0.25, -0.2) is 0 Å². The van der Waals surface area contributed by atoms with Crippen LogP contribution in [0.25, 0.3) is 0 Å². The second kappa shape index (κ2) is 25.6. The van der Waals surface area contributed by atoms with Crippen LogP contribution in [0.3, 0.4) is 0 Å². The van der Waals surface area contributed by atoms with Crippen molar-refractivity contribution in [1.29, 1.82) is 0 Å². The summed E-state index contributed by atoms with van der Waals surface area (Å²) in [6, 6.07) is 15.6. The van der Waals surface area contributed by atoms with E-state index in [2.05, 4.69) is 0 Å². The van der Waals surface area contributed by atoms with Crippen LogP contribution >= 0.6 is 0 Å². The summed E-state index contributed by atoms with van der Waals surface area (Å²) >= 11 is 0. The molecule has 0 aromatic heterocycles. The van der Waals surface area contributed by atoms with Gasteiger partial charge in [-0.05, 0) is 298 Å². The van der Waals surface area contributed by atoms with Crippen molar-refractivity contribution in [2.45, 2.75) is 316 Å². The van der Waals surface area contributed by atoms with E-state index in [0.717, 1.165) is 0 Å². The molecule has 0 N–H and O–H groups in total. The first-order valence-corrected chi connectivity index (χ1v) is 34.4. The Kier molecular flexibility index (Phi) is 21.9. The smallest absolute Gasteiger partial charge is 0.245 e. The fraction of sp³-hybridized carbons (Fsp3) is 0.667. The topological polar surface area (TPSA) is 120 Å². The summed E-state index contributed by atoms with van der Waals surface area (Å²) in [5.74, 6) is 5.65. The third kappa shape index (κ3) is 24.6. The van der Waals surface area contributed by atoms with E-state index in [0.29, 0.717) is 89.7 Å². The van der Waals surface area contributed by atoms with E-state index < -0.39 is 85.3 Å². The van der Waals surface area contributed by atoms with Gasteiger partial charge in [0, 0.05) is 0 Å². The van der Waals surface area contributed by atoms with Gasteiger partial charge in [0.2, 0.25) is 18.1 Å². The van der Waals surface area contributed by atoms with Crippen LogP contribution in [0.1, 0.15) is 249 Å². The molecule has 0 radical (unpaired) electrons. The first kappa shape index (κ1) is 74.3. The Bertz CT molecular complexity index is 2570. The van der Waals surface area contributed by atoms with Crippen molar-refractivity contribution in [2.24, 2.45) is 0 Å². The molecule has 0 amide bonds. The minimum atomic E-state index is -3.87. The molecule has 4 aromatic carbocycles. The summed E-state index contributed by atoms with van der Waals surface area (Å²) in [6.07, 6.45) is 0. The van der Waals surface area contributed by atoms with E-state index in [4.69, 9.17) is 61.0 Å². The maximum Gasteiger partial charge on any atom is 0.245 e. The maximum atomic E-state index is 8.99. The molecule has 87 heavy (non-hydrogen) atoms. The van der Waals surface area contributed by atoms with Crippen molar-refractivity contribution in [3.63, 3.8) is 0 Å². The minimum absolute atomic E-state index is 0.429. The highest BCUT2D eigenvalue weighted by Gasteiger charge is 2.47. The lowest BCUT2D eigenvalue weighted by molar-refractivity contribution is 0.0937. The molecule has 13 nitrogen and oxygen atoms in total. The highest BCUT2D eigenvalue weighted by molar-refractivity contribution is 6.94. The molecule has 0 saturated carbocycles. The van der Waals surface area contributed by atoms with Crippen molar-refractivity contribution in [1.82, 2.24) is 0 Å². The monoisotopic (exact) mass is 1250 g/mol. The fourth-order valence-electron chi connectivity index (χ4n) is 8.90. The fourth-order valence-corrected chi connectivity index (χ4v) is 16.2. The Hall–Kier alpha value is -5.13. The van der Waals surface area contributed by atoms with Gasteiger partial charge in [0.1, 0.15) is 90.2 Å². The molecule has 15 heteroatoms. The zero-order valence-corrected chi connectivity index (χ0v) is 63.4. The third-order valence-electron chi connectivity index (χ3n) is 10.8. The van der Waals surface area contributed by atoms with Crippen LogP contribution in [-0.2, 0) is 4.12 Å². The first-order chi connectivity index (χ1) is 38.6. The normalized spacial score (nSPS) is 13.8. The van der Waals surface area contributed by atoms with Gasteiger partial charge in [-0.3, -0.25) is 0 Å². The Labute approximate surface area is 531 Å². The number of rotatable bonds is 18. The Morgan fingerprint density at radius 2 is 0.287 bits per heavy atom. The zero-order chi connectivity index (χ0) is 67.2. The summed E-state index contributed by atoms with van der Waals surface area (Å²) in [5, 5.41) is 2.45. The van der Waals surface area contributed by atoms with Gasteiger partial charge in [0.15, 0.2) is 46.0 Å². The lowest BCUT2D eigenvalue weighted by atomic mass is 10.1. The predicted molar refractivity (Wildman–Crippen MR) is 364 cm³/mol. The van der Waals surface area contributed by atoms with Crippen molar-refractivity contribution < 1.29 is 61.0 Å². The highest BCUT2D eigenvalue weighted by atomic mass is 28.4. The van der Waals surface area contributed by atoms with E-state index in [9.17, 15) is 0 Å². The van der Waals surface area contributed by atoms with Gasteiger partial charge in [-0.2, -0.15) is 0 Å². The van der Waals surface area contributed by atoms with E-state index in [-0.39, 0.29) is 0 Å². The predicted octanol–water partition coefficient (Wildman–Crippen LogP) is 16.2. The average Bonchev–Trinajstić information content (AvgIpc) is 0.758. The SMILES string of the molecule is CC(C)(C)Oc1ccc(OC(C)(C)C)c([SiH](O[SiH](c2c(OC(C)(C)C)ccc(OC(C)(C)C)c2OC(C)(C)C)c2c(OC(C)(C)C)ccc(OC(C)(C)C)c2OC(C)(C)C)c2c(OC(C)(C)C)ccc(OC(C)(C)C)c2OC(C)(C)C)c1OC(C)(C)C. The molecule has 0 fully saturated rings. The number of hydrogen-bond acceptors (Lipinski definition) is 13. The van der Waals surface area contributed by atoms with E-state index in [1.165, 1.54) is 0 Å². The molecule has 0 atom stereocenters. The summed E-state index contributed by atoms with van der Waals surface area (Å²) in [5.41, 5.74) is -9.09. The Balaban J connectivity index is 2.82. The van der Waals surface area contributed by atoms with Crippen LogP contribution in [0.4, 0.5) is 0 Å². The molecule has 4 aromatic rings. The van der Waals surface area contributed by atoms with Crippen molar-refractivity contribution >= 4 is 38.8 Å². The molecule has 0 unspecified atom stereocenters. The van der Waals surface area contributed by atoms with Gasteiger partial charge in [0.25, 0.3) is 0 Å². The third-order valence-corrected chi connectivity index (χ3v) is 17.2.